The molecule has 0 amide bonds. The maximum atomic E-state index is 13.9. The van der Waals surface area contributed by atoms with Gasteiger partial charge in [-0.3, -0.25) is 0 Å². The SMILES string of the molecule is CC(O)COc1cc(-c2ccc(OCc3ccccc3)cc2)cc(F)c1F. The van der Waals surface area contributed by atoms with Crippen molar-refractivity contribution in [2.75, 3.05) is 6.61 Å². The van der Waals surface area contributed by atoms with E-state index in [1.165, 1.54) is 13.0 Å². The van der Waals surface area contributed by atoms with Crippen molar-refractivity contribution in [3.05, 3.63) is 83.9 Å². The molecule has 0 spiro atoms. The average Bonchev–Trinajstić information content (AvgIpc) is 2.68. The zero-order valence-corrected chi connectivity index (χ0v) is 14.9. The molecule has 1 N–H and O–H groups in total. The first-order valence-corrected chi connectivity index (χ1v) is 8.60. The summed E-state index contributed by atoms with van der Waals surface area (Å²) in [4.78, 5) is 0. The van der Waals surface area contributed by atoms with Crippen molar-refractivity contribution in [1.82, 2.24) is 0 Å². The van der Waals surface area contributed by atoms with Gasteiger partial charge in [0.05, 0.1) is 6.10 Å². The topological polar surface area (TPSA) is 38.7 Å². The van der Waals surface area contributed by atoms with Gasteiger partial charge >= 0.3 is 0 Å². The molecule has 0 heterocycles. The first-order valence-electron chi connectivity index (χ1n) is 8.60. The third kappa shape index (κ3) is 5.05. The molecule has 0 bridgehead atoms. The molecule has 140 valence electrons. The van der Waals surface area contributed by atoms with Crippen molar-refractivity contribution in [1.29, 1.82) is 0 Å². The van der Waals surface area contributed by atoms with Gasteiger partial charge in [-0.05, 0) is 47.9 Å². The number of halogens is 2. The van der Waals surface area contributed by atoms with Crippen LogP contribution in [0.25, 0.3) is 11.1 Å². The normalized spacial score (nSPS) is 11.9. The van der Waals surface area contributed by atoms with Crippen LogP contribution in [0.3, 0.4) is 0 Å². The number of benzene rings is 3. The smallest absolute Gasteiger partial charge is 0.200 e. The van der Waals surface area contributed by atoms with Crippen LogP contribution in [-0.4, -0.2) is 17.8 Å². The largest absolute Gasteiger partial charge is 0.489 e. The van der Waals surface area contributed by atoms with E-state index in [4.69, 9.17) is 9.47 Å². The molecular weight excluding hydrogens is 350 g/mol. The van der Waals surface area contributed by atoms with E-state index >= 15 is 0 Å². The van der Waals surface area contributed by atoms with Crippen LogP contribution < -0.4 is 9.47 Å². The molecule has 5 heteroatoms. The molecule has 3 nitrogen and oxygen atoms in total. The summed E-state index contributed by atoms with van der Waals surface area (Å²) in [5.41, 5.74) is 2.23. The Balaban J connectivity index is 1.74. The van der Waals surface area contributed by atoms with Gasteiger partial charge in [-0.1, -0.05) is 42.5 Å². The summed E-state index contributed by atoms with van der Waals surface area (Å²) >= 11 is 0. The third-order valence-electron chi connectivity index (χ3n) is 3.91. The minimum absolute atomic E-state index is 0.119. The minimum Gasteiger partial charge on any atom is -0.489 e. The van der Waals surface area contributed by atoms with Gasteiger partial charge in [-0.2, -0.15) is 4.39 Å². The number of hydrogen-bond acceptors (Lipinski definition) is 3. The van der Waals surface area contributed by atoms with Crippen molar-refractivity contribution >= 4 is 0 Å². The second-order valence-electron chi connectivity index (χ2n) is 6.23. The summed E-state index contributed by atoms with van der Waals surface area (Å²) in [5.74, 6) is -1.62. The minimum atomic E-state index is -1.07. The van der Waals surface area contributed by atoms with Gasteiger partial charge in [0.25, 0.3) is 0 Å². The second kappa shape index (κ2) is 8.64. The highest BCUT2D eigenvalue weighted by Crippen LogP contribution is 2.30. The Bertz CT molecular complexity index is 878. The summed E-state index contributed by atoms with van der Waals surface area (Å²) in [5, 5.41) is 9.27. The second-order valence-corrected chi connectivity index (χ2v) is 6.23. The van der Waals surface area contributed by atoms with Crippen LogP contribution in [0, 0.1) is 11.6 Å². The Labute approximate surface area is 156 Å². The Morgan fingerprint density at radius 2 is 1.59 bits per heavy atom. The summed E-state index contributed by atoms with van der Waals surface area (Å²) < 4.78 is 38.7. The highest BCUT2D eigenvalue weighted by atomic mass is 19.2. The molecule has 0 saturated heterocycles. The van der Waals surface area contributed by atoms with Crippen molar-refractivity contribution in [3.8, 4) is 22.6 Å². The van der Waals surface area contributed by atoms with Crippen LogP contribution in [0.4, 0.5) is 8.78 Å². The van der Waals surface area contributed by atoms with E-state index in [1.54, 1.807) is 24.3 Å². The van der Waals surface area contributed by atoms with E-state index in [0.29, 0.717) is 23.5 Å². The zero-order valence-electron chi connectivity index (χ0n) is 14.9. The van der Waals surface area contributed by atoms with Gasteiger partial charge in [0.15, 0.2) is 11.6 Å². The van der Waals surface area contributed by atoms with Crippen LogP contribution in [0.1, 0.15) is 12.5 Å². The molecule has 0 aromatic heterocycles. The van der Waals surface area contributed by atoms with Crippen molar-refractivity contribution in [3.63, 3.8) is 0 Å². The van der Waals surface area contributed by atoms with Gasteiger partial charge < -0.3 is 14.6 Å². The molecule has 3 rings (SSSR count). The maximum absolute atomic E-state index is 13.9. The Morgan fingerprint density at radius 1 is 0.889 bits per heavy atom. The van der Waals surface area contributed by atoms with Crippen LogP contribution in [0.15, 0.2) is 66.7 Å². The van der Waals surface area contributed by atoms with E-state index in [-0.39, 0.29) is 12.4 Å². The summed E-state index contributed by atoms with van der Waals surface area (Å²) in [6.07, 6.45) is -0.780. The van der Waals surface area contributed by atoms with Crippen LogP contribution >= 0.6 is 0 Å². The molecule has 0 aliphatic heterocycles. The fourth-order valence-corrected chi connectivity index (χ4v) is 2.53. The standard InChI is InChI=1S/C22H20F2O3/c1-15(25)13-27-21-12-18(11-20(23)22(21)24)17-7-9-19(10-8-17)26-14-16-5-3-2-4-6-16/h2-12,15,25H,13-14H2,1H3. The molecule has 0 saturated carbocycles. The molecule has 0 aliphatic rings. The lowest BCUT2D eigenvalue weighted by Crippen LogP contribution is -2.13. The lowest BCUT2D eigenvalue weighted by atomic mass is 10.0. The van der Waals surface area contributed by atoms with E-state index < -0.39 is 17.7 Å². The van der Waals surface area contributed by atoms with Gasteiger partial charge in [0.1, 0.15) is 19.0 Å². The number of aliphatic hydroxyl groups excluding tert-OH is 1. The number of ether oxygens (including phenoxy) is 2. The van der Waals surface area contributed by atoms with E-state index in [2.05, 4.69) is 0 Å². The van der Waals surface area contributed by atoms with E-state index in [1.807, 2.05) is 30.3 Å². The van der Waals surface area contributed by atoms with Crippen molar-refractivity contribution in [2.24, 2.45) is 0 Å². The Hall–Kier alpha value is -2.92. The van der Waals surface area contributed by atoms with E-state index in [9.17, 15) is 13.9 Å². The molecule has 0 fully saturated rings. The highest BCUT2D eigenvalue weighted by molar-refractivity contribution is 5.66. The molecule has 0 aliphatic carbocycles. The number of rotatable bonds is 7. The van der Waals surface area contributed by atoms with Crippen LogP contribution in [0.2, 0.25) is 0 Å². The van der Waals surface area contributed by atoms with Gasteiger partial charge in [0, 0.05) is 0 Å². The molecular formula is C22H20F2O3. The molecule has 0 radical (unpaired) electrons. The molecule has 27 heavy (non-hydrogen) atoms. The van der Waals surface area contributed by atoms with Gasteiger partial charge in [-0.15, -0.1) is 0 Å². The molecule has 3 aromatic rings. The maximum Gasteiger partial charge on any atom is 0.200 e. The van der Waals surface area contributed by atoms with Crippen molar-refractivity contribution < 1.29 is 23.4 Å². The van der Waals surface area contributed by atoms with Gasteiger partial charge in [-0.25, -0.2) is 4.39 Å². The molecule has 1 unspecified atom stereocenters. The fourth-order valence-electron chi connectivity index (χ4n) is 2.53. The quantitative estimate of drug-likeness (QED) is 0.638. The van der Waals surface area contributed by atoms with Crippen LogP contribution in [0.5, 0.6) is 11.5 Å². The molecule has 3 aromatic carbocycles. The summed E-state index contributed by atoms with van der Waals surface area (Å²) in [7, 11) is 0. The summed E-state index contributed by atoms with van der Waals surface area (Å²) in [6.45, 7) is 1.83. The number of hydrogen-bond donors (Lipinski definition) is 1. The monoisotopic (exact) mass is 370 g/mol. The highest BCUT2D eigenvalue weighted by Gasteiger charge is 2.14. The average molecular weight is 370 g/mol. The predicted octanol–water partition coefficient (Wildman–Crippen LogP) is 4.97. The zero-order chi connectivity index (χ0) is 19.2. The first kappa shape index (κ1) is 18.9. The van der Waals surface area contributed by atoms with Crippen LogP contribution in [-0.2, 0) is 6.61 Å². The predicted molar refractivity (Wildman–Crippen MR) is 99.7 cm³/mol. The van der Waals surface area contributed by atoms with E-state index in [0.717, 1.165) is 11.6 Å². The van der Waals surface area contributed by atoms with Crippen molar-refractivity contribution in [2.45, 2.75) is 19.6 Å². The lowest BCUT2D eigenvalue weighted by molar-refractivity contribution is 0.119. The third-order valence-corrected chi connectivity index (χ3v) is 3.91. The summed E-state index contributed by atoms with van der Waals surface area (Å²) in [6, 6.07) is 19.4. The van der Waals surface area contributed by atoms with Gasteiger partial charge in [0.2, 0.25) is 5.82 Å². The Kier molecular flexibility index (Phi) is 6.04. The first-order chi connectivity index (χ1) is 13.0. The Morgan fingerprint density at radius 3 is 2.26 bits per heavy atom. The lowest BCUT2D eigenvalue weighted by Gasteiger charge is -2.12. The fraction of sp³-hybridized carbons (Fsp3) is 0.182. The molecule has 1 atom stereocenters. The number of aliphatic hydroxyl groups is 1.